The monoisotopic (exact) mass is 332 g/mol. The zero-order chi connectivity index (χ0) is 15.8. The van der Waals surface area contributed by atoms with Crippen LogP contribution in [0.15, 0.2) is 52.7 Å². The van der Waals surface area contributed by atoms with Gasteiger partial charge in [0.15, 0.2) is 5.11 Å². The van der Waals surface area contributed by atoms with E-state index in [1.807, 2.05) is 36.4 Å². The molecule has 0 fully saturated rings. The highest BCUT2D eigenvalue weighted by Crippen LogP contribution is 2.27. The highest BCUT2D eigenvalue weighted by molar-refractivity contribution is 7.98. The number of pyridine rings is 1. The SMILES string of the molecule is COc1ccc(C=NNC(N)=S)cc1CSc1ccccn1. The number of ether oxygens (including phenoxy) is 1. The van der Waals surface area contributed by atoms with Crippen molar-refractivity contribution in [2.24, 2.45) is 10.8 Å². The Hall–Kier alpha value is -2.12. The second-order valence-electron chi connectivity index (χ2n) is 4.26. The van der Waals surface area contributed by atoms with E-state index in [1.165, 1.54) is 0 Å². The largest absolute Gasteiger partial charge is 0.496 e. The second kappa shape index (κ2) is 8.35. The molecule has 0 radical (unpaired) electrons. The molecule has 0 atom stereocenters. The van der Waals surface area contributed by atoms with Crippen LogP contribution in [-0.4, -0.2) is 23.4 Å². The molecule has 0 aliphatic carbocycles. The number of thioether (sulfide) groups is 1. The van der Waals surface area contributed by atoms with Crippen molar-refractivity contribution in [1.82, 2.24) is 10.4 Å². The van der Waals surface area contributed by atoms with Gasteiger partial charge in [-0.05, 0) is 48.1 Å². The van der Waals surface area contributed by atoms with E-state index >= 15 is 0 Å². The highest BCUT2D eigenvalue weighted by Gasteiger charge is 2.05. The van der Waals surface area contributed by atoms with Gasteiger partial charge in [-0.3, -0.25) is 5.43 Å². The topological polar surface area (TPSA) is 72.5 Å². The van der Waals surface area contributed by atoms with Crippen LogP contribution in [0, 0.1) is 0 Å². The molecule has 22 heavy (non-hydrogen) atoms. The van der Waals surface area contributed by atoms with Crippen LogP contribution in [0.2, 0.25) is 0 Å². The summed E-state index contributed by atoms with van der Waals surface area (Å²) in [6, 6.07) is 11.7. The van der Waals surface area contributed by atoms with Gasteiger partial charge < -0.3 is 10.5 Å². The molecule has 1 heterocycles. The van der Waals surface area contributed by atoms with Crippen molar-refractivity contribution in [3.63, 3.8) is 0 Å². The van der Waals surface area contributed by atoms with Crippen molar-refractivity contribution in [3.05, 3.63) is 53.7 Å². The molecule has 2 aromatic rings. The third-order valence-corrected chi connectivity index (χ3v) is 3.79. The van der Waals surface area contributed by atoms with Crippen molar-refractivity contribution >= 4 is 35.3 Å². The molecular weight excluding hydrogens is 316 g/mol. The summed E-state index contributed by atoms with van der Waals surface area (Å²) in [7, 11) is 1.66. The Morgan fingerprint density at radius 2 is 2.32 bits per heavy atom. The van der Waals surface area contributed by atoms with Crippen LogP contribution in [0.1, 0.15) is 11.1 Å². The van der Waals surface area contributed by atoms with E-state index in [9.17, 15) is 0 Å². The molecular formula is C15H16N4OS2. The molecule has 0 saturated heterocycles. The normalized spacial score (nSPS) is 10.6. The number of hydrogen-bond donors (Lipinski definition) is 2. The summed E-state index contributed by atoms with van der Waals surface area (Å²) in [5.74, 6) is 1.59. The minimum absolute atomic E-state index is 0.135. The van der Waals surface area contributed by atoms with Gasteiger partial charge in [0.05, 0.1) is 18.4 Å². The van der Waals surface area contributed by atoms with Gasteiger partial charge >= 0.3 is 0 Å². The number of hydrogen-bond acceptors (Lipinski definition) is 5. The standard InChI is InChI=1S/C15H16N4OS2/c1-20-13-6-5-11(9-18-19-15(16)21)8-12(13)10-22-14-4-2-3-7-17-14/h2-9H,10H2,1H3,(H3,16,19,21). The minimum atomic E-state index is 0.135. The van der Waals surface area contributed by atoms with Gasteiger partial charge in [0.25, 0.3) is 0 Å². The molecule has 0 amide bonds. The van der Waals surface area contributed by atoms with Crippen molar-refractivity contribution in [1.29, 1.82) is 0 Å². The van der Waals surface area contributed by atoms with Crippen molar-refractivity contribution in [2.75, 3.05) is 7.11 Å². The van der Waals surface area contributed by atoms with Gasteiger partial charge in [0, 0.05) is 17.5 Å². The lowest BCUT2D eigenvalue weighted by Gasteiger charge is -2.09. The van der Waals surface area contributed by atoms with E-state index < -0.39 is 0 Å². The summed E-state index contributed by atoms with van der Waals surface area (Å²) in [4.78, 5) is 4.30. The Bertz CT molecular complexity index is 662. The number of hydrazone groups is 1. The van der Waals surface area contributed by atoms with Crippen molar-refractivity contribution < 1.29 is 4.74 Å². The number of nitrogens with one attached hydrogen (secondary N) is 1. The fraction of sp³-hybridized carbons (Fsp3) is 0.133. The molecule has 0 saturated carbocycles. The van der Waals surface area contributed by atoms with Crippen LogP contribution in [0.3, 0.4) is 0 Å². The van der Waals surface area contributed by atoms with Crippen LogP contribution in [0.5, 0.6) is 5.75 Å². The zero-order valence-electron chi connectivity index (χ0n) is 12.0. The molecule has 0 bridgehead atoms. The third-order valence-electron chi connectivity index (χ3n) is 2.71. The maximum absolute atomic E-state index is 5.40. The van der Waals surface area contributed by atoms with Crippen LogP contribution < -0.4 is 15.9 Å². The molecule has 1 aromatic carbocycles. The fourth-order valence-electron chi connectivity index (χ4n) is 1.75. The lowest BCUT2D eigenvalue weighted by atomic mass is 10.1. The van der Waals surface area contributed by atoms with Gasteiger partial charge in [0.2, 0.25) is 0 Å². The van der Waals surface area contributed by atoms with Gasteiger partial charge in [-0.15, -0.1) is 11.8 Å². The first-order valence-corrected chi connectivity index (χ1v) is 7.87. The number of nitrogens with zero attached hydrogens (tertiary/aromatic N) is 2. The quantitative estimate of drug-likeness (QED) is 0.367. The molecule has 7 heteroatoms. The number of rotatable bonds is 6. The molecule has 0 aliphatic heterocycles. The van der Waals surface area contributed by atoms with E-state index in [4.69, 9.17) is 22.7 Å². The molecule has 2 rings (SSSR count). The van der Waals surface area contributed by atoms with Crippen LogP contribution in [-0.2, 0) is 5.75 Å². The summed E-state index contributed by atoms with van der Waals surface area (Å²) >= 11 is 6.34. The van der Waals surface area contributed by atoms with Crippen LogP contribution in [0.4, 0.5) is 0 Å². The van der Waals surface area contributed by atoms with Gasteiger partial charge in [-0.25, -0.2) is 4.98 Å². The molecule has 0 spiro atoms. The summed E-state index contributed by atoms with van der Waals surface area (Å²) in [6.45, 7) is 0. The van der Waals surface area contributed by atoms with E-state index in [-0.39, 0.29) is 5.11 Å². The first kappa shape index (κ1) is 16.3. The van der Waals surface area contributed by atoms with Gasteiger partial charge in [0.1, 0.15) is 5.75 Å². The summed E-state index contributed by atoms with van der Waals surface area (Å²) in [5, 5.41) is 5.06. The maximum Gasteiger partial charge on any atom is 0.184 e. The number of nitrogens with two attached hydrogens (primary N) is 1. The highest BCUT2D eigenvalue weighted by atomic mass is 32.2. The molecule has 5 nitrogen and oxygen atoms in total. The van der Waals surface area contributed by atoms with Crippen LogP contribution >= 0.6 is 24.0 Å². The van der Waals surface area contributed by atoms with Gasteiger partial charge in [-0.1, -0.05) is 6.07 Å². The fourth-order valence-corrected chi connectivity index (χ4v) is 2.64. The lowest BCUT2D eigenvalue weighted by Crippen LogP contribution is -2.23. The minimum Gasteiger partial charge on any atom is -0.496 e. The smallest absolute Gasteiger partial charge is 0.184 e. The Morgan fingerprint density at radius 3 is 3.00 bits per heavy atom. The summed E-state index contributed by atoms with van der Waals surface area (Å²) in [6.07, 6.45) is 3.44. The molecule has 0 aliphatic rings. The third kappa shape index (κ3) is 5.01. The van der Waals surface area contributed by atoms with Crippen molar-refractivity contribution in [3.8, 4) is 5.75 Å². The molecule has 1 aromatic heterocycles. The lowest BCUT2D eigenvalue weighted by molar-refractivity contribution is 0.411. The second-order valence-corrected chi connectivity index (χ2v) is 5.70. The van der Waals surface area contributed by atoms with E-state index in [0.29, 0.717) is 0 Å². The Morgan fingerprint density at radius 1 is 1.45 bits per heavy atom. The van der Waals surface area contributed by atoms with Crippen molar-refractivity contribution in [2.45, 2.75) is 10.8 Å². The van der Waals surface area contributed by atoms with Crippen LogP contribution in [0.25, 0.3) is 0 Å². The average molecular weight is 332 g/mol. The molecule has 114 valence electrons. The van der Waals surface area contributed by atoms with E-state index in [0.717, 1.165) is 27.7 Å². The Labute approximate surface area is 139 Å². The maximum atomic E-state index is 5.40. The Kier molecular flexibility index (Phi) is 6.17. The Balaban J connectivity index is 2.10. The summed E-state index contributed by atoms with van der Waals surface area (Å²) < 4.78 is 5.40. The number of methoxy groups -OCH3 is 1. The predicted molar refractivity (Wildman–Crippen MR) is 94.3 cm³/mol. The van der Waals surface area contributed by atoms with E-state index in [1.54, 1.807) is 31.3 Å². The zero-order valence-corrected chi connectivity index (χ0v) is 13.7. The molecule has 3 N–H and O–H groups in total. The first-order valence-electron chi connectivity index (χ1n) is 6.48. The van der Waals surface area contributed by atoms with E-state index in [2.05, 4.69) is 15.5 Å². The summed E-state index contributed by atoms with van der Waals surface area (Å²) in [5.41, 5.74) is 9.85. The average Bonchev–Trinajstić information content (AvgIpc) is 2.54. The number of thiocarbonyl (C=S) groups is 1. The number of aromatic nitrogens is 1. The predicted octanol–water partition coefficient (Wildman–Crippen LogP) is 2.55. The molecule has 0 unspecified atom stereocenters. The number of benzene rings is 1. The van der Waals surface area contributed by atoms with Gasteiger partial charge in [-0.2, -0.15) is 5.10 Å². The first-order chi connectivity index (χ1) is 10.7.